The van der Waals surface area contributed by atoms with E-state index < -0.39 is 10.0 Å². The summed E-state index contributed by atoms with van der Waals surface area (Å²) < 4.78 is 26.3. The lowest BCUT2D eigenvalue weighted by atomic mass is 10.1. The summed E-state index contributed by atoms with van der Waals surface area (Å²) in [7, 11) is -2.05. The second kappa shape index (κ2) is 12.4. The minimum atomic E-state index is -3.46. The molecule has 0 amide bonds. The van der Waals surface area contributed by atoms with Crippen LogP contribution in [0.1, 0.15) is 23.6 Å². The maximum atomic E-state index is 12.0. The molecule has 0 saturated carbocycles. The number of aliphatic imine (C=N–C) groups is 1. The Labute approximate surface area is 195 Å². The minimum Gasteiger partial charge on any atom is -0.357 e. The smallest absolute Gasteiger partial charge is 0.240 e. The standard InChI is InChI=1S/C20H28N4O2S2.HI/c1-5-22-20(24-14-17-10-9-15(2)11-19(17)27-4)23-13-16-7-6-8-18(12-16)28(25,26)21-3;/h6-12,21H,5,13-14H2,1-4H3,(H2,22,23,24);1H. The number of hydrogen-bond acceptors (Lipinski definition) is 4. The molecule has 0 atom stereocenters. The normalized spacial score (nSPS) is 11.7. The maximum Gasteiger partial charge on any atom is 0.240 e. The highest BCUT2D eigenvalue weighted by Crippen LogP contribution is 2.21. The lowest BCUT2D eigenvalue weighted by Crippen LogP contribution is -2.36. The third-order valence-electron chi connectivity index (χ3n) is 4.13. The largest absolute Gasteiger partial charge is 0.357 e. The molecule has 0 aromatic heterocycles. The van der Waals surface area contributed by atoms with Crippen LogP contribution < -0.4 is 15.4 Å². The molecular weight excluding hydrogens is 519 g/mol. The van der Waals surface area contributed by atoms with Crippen LogP contribution in [0.2, 0.25) is 0 Å². The van der Waals surface area contributed by atoms with E-state index in [1.807, 2.05) is 13.0 Å². The average molecular weight is 549 g/mol. The second-order valence-corrected chi connectivity index (χ2v) is 8.95. The Kier molecular flexibility index (Phi) is 11.0. The quantitative estimate of drug-likeness (QED) is 0.204. The van der Waals surface area contributed by atoms with Crippen LogP contribution in [-0.4, -0.2) is 34.2 Å². The van der Waals surface area contributed by atoms with Gasteiger partial charge in [-0.15, -0.1) is 35.7 Å². The number of halogens is 1. The van der Waals surface area contributed by atoms with Crippen LogP contribution in [0.25, 0.3) is 0 Å². The molecule has 0 bridgehead atoms. The molecule has 0 radical (unpaired) electrons. The van der Waals surface area contributed by atoms with Gasteiger partial charge in [-0.3, -0.25) is 0 Å². The molecule has 0 spiro atoms. The first-order valence-corrected chi connectivity index (χ1v) is 11.8. The minimum absolute atomic E-state index is 0. The van der Waals surface area contributed by atoms with Crippen molar-refractivity contribution in [2.75, 3.05) is 19.8 Å². The molecule has 2 rings (SSSR count). The van der Waals surface area contributed by atoms with Crippen molar-refractivity contribution < 1.29 is 8.42 Å². The van der Waals surface area contributed by atoms with E-state index in [0.29, 0.717) is 19.0 Å². The van der Waals surface area contributed by atoms with E-state index in [-0.39, 0.29) is 28.9 Å². The number of sulfonamides is 1. The molecule has 9 heteroatoms. The molecule has 2 aromatic carbocycles. The summed E-state index contributed by atoms with van der Waals surface area (Å²) in [6, 6.07) is 13.2. The van der Waals surface area contributed by atoms with Crippen molar-refractivity contribution in [3.05, 3.63) is 59.2 Å². The molecule has 160 valence electrons. The van der Waals surface area contributed by atoms with Gasteiger partial charge < -0.3 is 10.6 Å². The van der Waals surface area contributed by atoms with Gasteiger partial charge in [0.25, 0.3) is 0 Å². The molecule has 0 aliphatic rings. The first kappa shape index (κ1) is 25.7. The molecule has 2 aromatic rings. The van der Waals surface area contributed by atoms with Gasteiger partial charge in [-0.1, -0.05) is 24.3 Å². The second-order valence-electron chi connectivity index (χ2n) is 6.22. The fourth-order valence-electron chi connectivity index (χ4n) is 2.62. The molecule has 0 saturated heterocycles. The van der Waals surface area contributed by atoms with Gasteiger partial charge in [0.2, 0.25) is 10.0 Å². The zero-order chi connectivity index (χ0) is 20.6. The number of nitrogens with zero attached hydrogens (tertiary/aromatic N) is 1. The van der Waals surface area contributed by atoms with Crippen molar-refractivity contribution in [2.24, 2.45) is 4.99 Å². The van der Waals surface area contributed by atoms with E-state index in [2.05, 4.69) is 51.7 Å². The van der Waals surface area contributed by atoms with Crippen LogP contribution in [0.5, 0.6) is 0 Å². The summed E-state index contributed by atoms with van der Waals surface area (Å²) >= 11 is 1.73. The Morgan fingerprint density at radius 2 is 1.90 bits per heavy atom. The Bertz CT molecular complexity index is 934. The molecule has 0 aliphatic carbocycles. The summed E-state index contributed by atoms with van der Waals surface area (Å²) in [5.41, 5.74) is 3.28. The van der Waals surface area contributed by atoms with Crippen LogP contribution in [0, 0.1) is 6.92 Å². The lowest BCUT2D eigenvalue weighted by Gasteiger charge is -2.14. The van der Waals surface area contributed by atoms with Crippen LogP contribution in [0.3, 0.4) is 0 Å². The van der Waals surface area contributed by atoms with E-state index in [4.69, 9.17) is 0 Å². The third kappa shape index (κ3) is 7.80. The molecule has 0 unspecified atom stereocenters. The maximum absolute atomic E-state index is 12.0. The molecule has 29 heavy (non-hydrogen) atoms. The van der Waals surface area contributed by atoms with Crippen molar-refractivity contribution in [1.29, 1.82) is 0 Å². The predicted molar refractivity (Wildman–Crippen MR) is 133 cm³/mol. The van der Waals surface area contributed by atoms with Gasteiger partial charge in [-0.2, -0.15) is 0 Å². The summed E-state index contributed by atoms with van der Waals surface area (Å²) in [5.74, 6) is 0.692. The molecule has 0 heterocycles. The fourth-order valence-corrected chi connectivity index (χ4v) is 4.12. The topological polar surface area (TPSA) is 82.6 Å². The highest BCUT2D eigenvalue weighted by molar-refractivity contribution is 14.0. The number of nitrogens with one attached hydrogen (secondary N) is 3. The number of hydrogen-bond donors (Lipinski definition) is 3. The summed E-state index contributed by atoms with van der Waals surface area (Å²) in [4.78, 5) is 6.08. The number of thioether (sulfide) groups is 1. The van der Waals surface area contributed by atoms with Gasteiger partial charge in [-0.25, -0.2) is 18.1 Å². The van der Waals surface area contributed by atoms with Gasteiger partial charge in [0, 0.05) is 18.0 Å². The predicted octanol–water partition coefficient (Wildman–Crippen LogP) is 3.50. The fraction of sp³-hybridized carbons (Fsp3) is 0.350. The SMILES string of the molecule is CCNC(=NCc1cccc(S(=O)(=O)NC)c1)NCc1ccc(C)cc1SC.I. The molecule has 0 aliphatic heterocycles. The molecule has 3 N–H and O–H groups in total. The van der Waals surface area contributed by atoms with Crippen molar-refractivity contribution >= 4 is 51.7 Å². The summed E-state index contributed by atoms with van der Waals surface area (Å²) in [6.07, 6.45) is 2.07. The van der Waals surface area contributed by atoms with Crippen LogP contribution in [-0.2, 0) is 23.1 Å². The van der Waals surface area contributed by atoms with Gasteiger partial charge in [0.1, 0.15) is 0 Å². The molecular formula is C20H29IN4O2S2. The monoisotopic (exact) mass is 548 g/mol. The zero-order valence-electron chi connectivity index (χ0n) is 17.2. The van der Waals surface area contributed by atoms with Crippen LogP contribution >= 0.6 is 35.7 Å². The average Bonchev–Trinajstić information content (AvgIpc) is 2.70. The first-order chi connectivity index (χ1) is 13.4. The van der Waals surface area contributed by atoms with Gasteiger partial charge in [0.15, 0.2) is 5.96 Å². The van der Waals surface area contributed by atoms with Gasteiger partial charge >= 0.3 is 0 Å². The molecule has 6 nitrogen and oxygen atoms in total. The van der Waals surface area contributed by atoms with E-state index in [0.717, 1.165) is 12.1 Å². The van der Waals surface area contributed by atoms with Crippen molar-refractivity contribution in [3.63, 3.8) is 0 Å². The van der Waals surface area contributed by atoms with Gasteiger partial charge in [0.05, 0.1) is 11.4 Å². The van der Waals surface area contributed by atoms with E-state index in [1.165, 1.54) is 23.1 Å². The Morgan fingerprint density at radius 1 is 1.14 bits per heavy atom. The first-order valence-electron chi connectivity index (χ1n) is 9.07. The number of aryl methyl sites for hydroxylation is 1. The van der Waals surface area contributed by atoms with E-state index in [1.54, 1.807) is 30.0 Å². The van der Waals surface area contributed by atoms with Gasteiger partial charge in [-0.05, 0) is 62.0 Å². The Hall–Kier alpha value is -1.30. The van der Waals surface area contributed by atoms with Crippen LogP contribution in [0.15, 0.2) is 57.2 Å². The highest BCUT2D eigenvalue weighted by atomic mass is 127. The summed E-state index contributed by atoms with van der Waals surface area (Å²) in [6.45, 7) is 5.88. The zero-order valence-corrected chi connectivity index (χ0v) is 21.1. The molecule has 0 fully saturated rings. The lowest BCUT2D eigenvalue weighted by molar-refractivity contribution is 0.588. The number of rotatable bonds is 8. The Balaban J connectivity index is 0.00000420. The van der Waals surface area contributed by atoms with Crippen molar-refractivity contribution in [3.8, 4) is 0 Å². The van der Waals surface area contributed by atoms with E-state index in [9.17, 15) is 8.42 Å². The van der Waals surface area contributed by atoms with Crippen molar-refractivity contribution in [2.45, 2.75) is 36.7 Å². The summed E-state index contributed by atoms with van der Waals surface area (Å²) in [5, 5.41) is 6.58. The number of benzene rings is 2. The van der Waals surface area contributed by atoms with Crippen LogP contribution in [0.4, 0.5) is 0 Å². The Morgan fingerprint density at radius 3 is 2.55 bits per heavy atom. The van der Waals surface area contributed by atoms with E-state index >= 15 is 0 Å². The number of guanidine groups is 1. The third-order valence-corrected chi connectivity index (χ3v) is 6.36. The highest BCUT2D eigenvalue weighted by Gasteiger charge is 2.11. The van der Waals surface area contributed by atoms with Crippen molar-refractivity contribution in [1.82, 2.24) is 15.4 Å².